The smallest absolute Gasteiger partial charge is 0.319 e. The molecule has 128 valence electrons. The number of piperazine rings is 1. The van der Waals surface area contributed by atoms with Gasteiger partial charge in [0.25, 0.3) is 0 Å². The van der Waals surface area contributed by atoms with Crippen molar-refractivity contribution < 1.29 is 9.59 Å². The lowest BCUT2D eigenvalue weighted by Crippen LogP contribution is -2.47. The van der Waals surface area contributed by atoms with E-state index in [-0.39, 0.29) is 11.9 Å². The summed E-state index contributed by atoms with van der Waals surface area (Å²) in [5.41, 5.74) is 1.17. The summed E-state index contributed by atoms with van der Waals surface area (Å²) in [5, 5.41) is 14.1. The average molecular weight is 329 g/mol. The molecule has 3 amide bonds. The Morgan fingerprint density at radius 1 is 1.17 bits per heavy atom. The number of nitrogens with one attached hydrogen (secondary N) is 2. The Morgan fingerprint density at radius 2 is 1.83 bits per heavy atom. The number of carbonyl (C=O) groups excluding carboxylic acids is 2. The highest BCUT2D eigenvalue weighted by atomic mass is 16.2. The van der Waals surface area contributed by atoms with Crippen molar-refractivity contribution in [3.63, 3.8) is 0 Å². The van der Waals surface area contributed by atoms with Gasteiger partial charge in [-0.3, -0.25) is 4.79 Å². The number of nitrogens with zero attached hydrogens (tertiary/aromatic N) is 3. The lowest BCUT2D eigenvalue weighted by molar-refractivity contribution is -0.132. The zero-order valence-corrected chi connectivity index (χ0v) is 13.9. The molecule has 1 heterocycles. The lowest BCUT2D eigenvalue weighted by atomic mass is 10.2. The first-order valence-corrected chi connectivity index (χ1v) is 8.10. The molecule has 1 aliphatic rings. The van der Waals surface area contributed by atoms with Gasteiger partial charge in [-0.1, -0.05) is 0 Å². The summed E-state index contributed by atoms with van der Waals surface area (Å²) in [7, 11) is 2.05. The van der Waals surface area contributed by atoms with Crippen molar-refractivity contribution in [3.8, 4) is 6.07 Å². The molecular formula is C17H23N5O2. The fourth-order valence-electron chi connectivity index (χ4n) is 2.46. The van der Waals surface area contributed by atoms with E-state index in [1.54, 1.807) is 24.3 Å². The maximum Gasteiger partial charge on any atom is 0.319 e. The number of hydrogen-bond donors (Lipinski definition) is 2. The van der Waals surface area contributed by atoms with E-state index in [9.17, 15) is 9.59 Å². The van der Waals surface area contributed by atoms with Crippen LogP contribution >= 0.6 is 0 Å². The second-order valence-electron chi connectivity index (χ2n) is 5.86. The predicted molar refractivity (Wildman–Crippen MR) is 91.5 cm³/mol. The number of rotatable bonds is 5. The normalized spacial score (nSPS) is 14.8. The minimum absolute atomic E-state index is 0.150. The Labute approximate surface area is 142 Å². The van der Waals surface area contributed by atoms with E-state index in [2.05, 4.69) is 22.6 Å². The van der Waals surface area contributed by atoms with Gasteiger partial charge in [-0.25, -0.2) is 4.79 Å². The van der Waals surface area contributed by atoms with E-state index < -0.39 is 0 Å². The van der Waals surface area contributed by atoms with E-state index in [0.717, 1.165) is 26.2 Å². The van der Waals surface area contributed by atoms with Crippen molar-refractivity contribution in [3.05, 3.63) is 29.8 Å². The number of benzene rings is 1. The lowest BCUT2D eigenvalue weighted by Gasteiger charge is -2.32. The van der Waals surface area contributed by atoms with Gasteiger partial charge in [0.15, 0.2) is 0 Å². The minimum atomic E-state index is -0.313. The molecule has 2 N–H and O–H groups in total. The molecule has 0 bridgehead atoms. The molecule has 1 aliphatic heterocycles. The highest BCUT2D eigenvalue weighted by Crippen LogP contribution is 2.08. The van der Waals surface area contributed by atoms with Gasteiger partial charge in [-0.05, 0) is 37.7 Å². The second-order valence-corrected chi connectivity index (χ2v) is 5.86. The zero-order valence-electron chi connectivity index (χ0n) is 13.9. The Hall–Kier alpha value is -2.59. The summed E-state index contributed by atoms with van der Waals surface area (Å²) in [6, 6.07) is 8.35. The maximum absolute atomic E-state index is 12.1. The first-order valence-electron chi connectivity index (χ1n) is 8.10. The van der Waals surface area contributed by atoms with Crippen LogP contribution in [0.1, 0.15) is 18.4 Å². The van der Waals surface area contributed by atoms with E-state index in [0.29, 0.717) is 30.6 Å². The Balaban J connectivity index is 1.62. The van der Waals surface area contributed by atoms with E-state index in [1.165, 1.54) is 0 Å². The molecule has 0 aromatic heterocycles. The van der Waals surface area contributed by atoms with Crippen LogP contribution in [-0.4, -0.2) is 61.5 Å². The Morgan fingerprint density at radius 3 is 2.46 bits per heavy atom. The number of hydrogen-bond acceptors (Lipinski definition) is 4. The number of likely N-dealkylation sites (N-methyl/N-ethyl adjacent to an activating group) is 1. The van der Waals surface area contributed by atoms with Gasteiger partial charge in [-0.2, -0.15) is 5.26 Å². The number of nitriles is 1. The van der Waals surface area contributed by atoms with Crippen LogP contribution in [0.5, 0.6) is 0 Å². The molecule has 0 unspecified atom stereocenters. The topological polar surface area (TPSA) is 88.5 Å². The van der Waals surface area contributed by atoms with Crippen LogP contribution in [0.3, 0.4) is 0 Å². The molecule has 0 spiro atoms. The fraction of sp³-hybridized carbons (Fsp3) is 0.471. The molecular weight excluding hydrogens is 306 g/mol. The summed E-state index contributed by atoms with van der Waals surface area (Å²) >= 11 is 0. The van der Waals surface area contributed by atoms with E-state index in [4.69, 9.17) is 5.26 Å². The molecule has 1 aromatic rings. The summed E-state index contributed by atoms with van der Waals surface area (Å²) in [6.45, 7) is 3.83. The van der Waals surface area contributed by atoms with Crippen LogP contribution in [0.4, 0.5) is 10.5 Å². The molecule has 0 saturated carbocycles. The van der Waals surface area contributed by atoms with Gasteiger partial charge in [0.2, 0.25) is 5.91 Å². The predicted octanol–water partition coefficient (Wildman–Crippen LogP) is 1.23. The van der Waals surface area contributed by atoms with Crippen LogP contribution < -0.4 is 10.6 Å². The first-order chi connectivity index (χ1) is 11.6. The Kier molecular flexibility index (Phi) is 6.58. The highest BCUT2D eigenvalue weighted by Gasteiger charge is 2.18. The van der Waals surface area contributed by atoms with Crippen LogP contribution in [0.25, 0.3) is 0 Å². The van der Waals surface area contributed by atoms with Crippen LogP contribution in [0.15, 0.2) is 24.3 Å². The van der Waals surface area contributed by atoms with Crippen molar-refractivity contribution in [1.82, 2.24) is 15.1 Å². The van der Waals surface area contributed by atoms with Gasteiger partial charge in [0, 0.05) is 44.8 Å². The molecule has 2 rings (SSSR count). The van der Waals surface area contributed by atoms with E-state index >= 15 is 0 Å². The first kappa shape index (κ1) is 17.8. The third-order valence-electron chi connectivity index (χ3n) is 3.98. The number of carbonyl (C=O) groups is 2. The minimum Gasteiger partial charge on any atom is -0.340 e. The number of urea groups is 1. The second kappa shape index (κ2) is 8.89. The summed E-state index contributed by atoms with van der Waals surface area (Å²) < 4.78 is 0. The molecule has 1 aromatic carbocycles. The summed E-state index contributed by atoms with van der Waals surface area (Å²) in [6.07, 6.45) is 1.06. The van der Waals surface area contributed by atoms with Crippen molar-refractivity contribution in [2.24, 2.45) is 0 Å². The largest absolute Gasteiger partial charge is 0.340 e. The molecule has 0 radical (unpaired) electrons. The fourth-order valence-corrected chi connectivity index (χ4v) is 2.46. The molecule has 0 aliphatic carbocycles. The van der Waals surface area contributed by atoms with Gasteiger partial charge < -0.3 is 20.4 Å². The number of amides is 3. The third-order valence-corrected chi connectivity index (χ3v) is 3.98. The standard InChI is InChI=1S/C17H23N5O2/c1-21-9-11-22(12-10-21)16(23)3-2-8-19-17(24)20-15-6-4-14(13-18)5-7-15/h4-7H,2-3,8-12H2,1H3,(H2,19,20,24). The van der Waals surface area contributed by atoms with Crippen LogP contribution in [-0.2, 0) is 4.79 Å². The highest BCUT2D eigenvalue weighted by molar-refractivity contribution is 5.89. The van der Waals surface area contributed by atoms with Crippen molar-refractivity contribution in [1.29, 1.82) is 5.26 Å². The Bertz CT molecular complexity index is 600. The quantitative estimate of drug-likeness (QED) is 0.795. The molecule has 7 nitrogen and oxygen atoms in total. The van der Waals surface area contributed by atoms with E-state index in [1.807, 2.05) is 11.0 Å². The average Bonchev–Trinajstić information content (AvgIpc) is 2.60. The monoisotopic (exact) mass is 329 g/mol. The zero-order chi connectivity index (χ0) is 17.4. The van der Waals surface area contributed by atoms with Gasteiger partial charge in [0.05, 0.1) is 11.6 Å². The van der Waals surface area contributed by atoms with Crippen LogP contribution in [0.2, 0.25) is 0 Å². The summed E-state index contributed by atoms with van der Waals surface area (Å²) in [4.78, 5) is 27.9. The maximum atomic E-state index is 12.1. The van der Waals surface area contributed by atoms with Gasteiger partial charge in [0.1, 0.15) is 0 Å². The van der Waals surface area contributed by atoms with Gasteiger partial charge >= 0.3 is 6.03 Å². The molecule has 1 fully saturated rings. The third kappa shape index (κ3) is 5.56. The van der Waals surface area contributed by atoms with Crippen molar-refractivity contribution in [2.45, 2.75) is 12.8 Å². The van der Waals surface area contributed by atoms with Crippen LogP contribution in [0, 0.1) is 11.3 Å². The van der Waals surface area contributed by atoms with Gasteiger partial charge in [-0.15, -0.1) is 0 Å². The molecule has 7 heteroatoms. The SMILES string of the molecule is CN1CCN(C(=O)CCCNC(=O)Nc2ccc(C#N)cc2)CC1. The van der Waals surface area contributed by atoms with Crippen molar-refractivity contribution >= 4 is 17.6 Å². The van der Waals surface area contributed by atoms with Crippen molar-refractivity contribution in [2.75, 3.05) is 45.1 Å². The number of anilines is 1. The molecule has 1 saturated heterocycles. The summed E-state index contributed by atoms with van der Waals surface area (Å²) in [5.74, 6) is 0.150. The molecule has 24 heavy (non-hydrogen) atoms. The molecule has 0 atom stereocenters.